The molecule has 1 aromatic heterocycles. The highest BCUT2D eigenvalue weighted by molar-refractivity contribution is 9.08. The molecule has 0 aliphatic rings. The van der Waals surface area contributed by atoms with Gasteiger partial charge >= 0.3 is 6.36 Å². The fraction of sp³-hybridized carbons (Fsp3) is 0.333. The van der Waals surface area contributed by atoms with Crippen molar-refractivity contribution in [1.29, 1.82) is 0 Å². The smallest absolute Gasteiger partial charge is 0.495 e. The van der Waals surface area contributed by atoms with Crippen molar-refractivity contribution in [3.63, 3.8) is 0 Å². The zero-order valence-corrected chi connectivity index (χ0v) is 10.1. The first kappa shape index (κ1) is 13.8. The molecule has 1 aromatic rings. The molecule has 1 rings (SSSR count). The molecule has 0 spiro atoms. The number of halogens is 4. The van der Waals surface area contributed by atoms with Crippen LogP contribution in [0.3, 0.4) is 0 Å². The third-order valence-electron chi connectivity index (χ3n) is 1.81. The molecule has 0 aliphatic heterocycles. The van der Waals surface area contributed by atoms with Crippen molar-refractivity contribution in [3.05, 3.63) is 17.5 Å². The average Bonchev–Trinajstić information content (AvgIpc) is 2.26. The van der Waals surface area contributed by atoms with E-state index in [1.807, 2.05) is 0 Å². The van der Waals surface area contributed by atoms with Crippen LogP contribution in [0.5, 0.6) is 11.5 Å². The van der Waals surface area contributed by atoms with E-state index in [0.717, 1.165) is 6.20 Å². The molecular weight excluding hydrogens is 307 g/mol. The molecule has 0 saturated heterocycles. The summed E-state index contributed by atoms with van der Waals surface area (Å²) < 4.78 is 45.2. The maximum Gasteiger partial charge on any atom is 0.573 e. The van der Waals surface area contributed by atoms with E-state index < -0.39 is 17.8 Å². The number of aldehydes is 1. The summed E-state index contributed by atoms with van der Waals surface area (Å²) in [7, 11) is 1.28. The minimum atomic E-state index is -4.90. The number of rotatable bonds is 4. The molecular formula is C9H7BrF3NO3. The van der Waals surface area contributed by atoms with Gasteiger partial charge in [-0.2, -0.15) is 0 Å². The fourth-order valence-corrected chi connectivity index (χ4v) is 1.68. The highest BCUT2D eigenvalue weighted by Crippen LogP contribution is 2.35. The second-order valence-corrected chi connectivity index (χ2v) is 3.38. The van der Waals surface area contributed by atoms with Crippen molar-refractivity contribution in [2.24, 2.45) is 0 Å². The highest BCUT2D eigenvalue weighted by Gasteiger charge is 2.34. The van der Waals surface area contributed by atoms with Gasteiger partial charge in [0, 0.05) is 5.33 Å². The second kappa shape index (κ2) is 5.35. The molecule has 0 radical (unpaired) electrons. The van der Waals surface area contributed by atoms with E-state index >= 15 is 0 Å². The van der Waals surface area contributed by atoms with Crippen LogP contribution in [0.25, 0.3) is 0 Å². The van der Waals surface area contributed by atoms with Gasteiger partial charge in [-0.15, -0.1) is 13.2 Å². The van der Waals surface area contributed by atoms with E-state index in [2.05, 4.69) is 25.7 Å². The number of hydrogen-bond acceptors (Lipinski definition) is 4. The summed E-state index contributed by atoms with van der Waals surface area (Å²) in [5.41, 5.74) is -0.362. The maximum absolute atomic E-state index is 12.2. The van der Waals surface area contributed by atoms with Crippen molar-refractivity contribution in [2.45, 2.75) is 11.7 Å². The van der Waals surface area contributed by atoms with Crippen molar-refractivity contribution < 1.29 is 27.4 Å². The number of methoxy groups -OCH3 is 1. The van der Waals surface area contributed by atoms with Crippen LogP contribution in [0, 0.1) is 0 Å². The van der Waals surface area contributed by atoms with Gasteiger partial charge in [0.25, 0.3) is 0 Å². The maximum atomic E-state index is 12.2. The minimum absolute atomic E-state index is 0.0327. The second-order valence-electron chi connectivity index (χ2n) is 2.82. The number of carbonyl (C=O) groups is 1. The van der Waals surface area contributed by atoms with Crippen molar-refractivity contribution in [1.82, 2.24) is 4.98 Å². The molecule has 0 unspecified atom stereocenters. The zero-order valence-electron chi connectivity index (χ0n) is 8.55. The normalized spacial score (nSPS) is 11.1. The third-order valence-corrected chi connectivity index (χ3v) is 2.37. The van der Waals surface area contributed by atoms with Gasteiger partial charge < -0.3 is 9.47 Å². The Labute approximate surface area is 103 Å². The van der Waals surface area contributed by atoms with E-state index in [4.69, 9.17) is 4.74 Å². The SMILES string of the molecule is COc1cnc(C=O)c(OC(F)(F)F)c1CBr. The lowest BCUT2D eigenvalue weighted by Crippen LogP contribution is -2.19. The molecule has 0 aromatic carbocycles. The fourth-order valence-electron chi connectivity index (χ4n) is 1.15. The average molecular weight is 314 g/mol. The number of aromatic nitrogens is 1. The summed E-state index contributed by atoms with van der Waals surface area (Å²) in [5, 5.41) is 0.0327. The summed E-state index contributed by atoms with van der Waals surface area (Å²) in [6.45, 7) is 0. The number of nitrogens with zero attached hydrogens (tertiary/aromatic N) is 1. The number of alkyl halides is 4. The Bertz CT molecular complexity index is 423. The molecule has 0 saturated carbocycles. The Hall–Kier alpha value is -1.31. The molecule has 0 fully saturated rings. The summed E-state index contributed by atoms with van der Waals surface area (Å²) in [4.78, 5) is 14.1. The molecule has 17 heavy (non-hydrogen) atoms. The lowest BCUT2D eigenvalue weighted by Gasteiger charge is -2.15. The Morgan fingerprint density at radius 3 is 2.59 bits per heavy atom. The van der Waals surface area contributed by atoms with Gasteiger partial charge in [-0.05, 0) is 0 Å². The van der Waals surface area contributed by atoms with Crippen molar-refractivity contribution in [3.8, 4) is 11.5 Å². The summed E-state index contributed by atoms with van der Waals surface area (Å²) in [6.07, 6.45) is -3.56. The van der Waals surface area contributed by atoms with Gasteiger partial charge in [-0.1, -0.05) is 15.9 Å². The van der Waals surface area contributed by atoms with Crippen LogP contribution in [0.15, 0.2) is 6.20 Å². The monoisotopic (exact) mass is 313 g/mol. The van der Waals surface area contributed by atoms with E-state index in [1.54, 1.807) is 0 Å². The summed E-state index contributed by atoms with van der Waals surface area (Å²) >= 11 is 3.00. The van der Waals surface area contributed by atoms with Crippen LogP contribution in [0.4, 0.5) is 13.2 Å². The number of hydrogen-bond donors (Lipinski definition) is 0. The third kappa shape index (κ3) is 3.32. The van der Waals surface area contributed by atoms with Crippen LogP contribution in [-0.4, -0.2) is 24.7 Å². The Kier molecular flexibility index (Phi) is 4.33. The van der Waals surface area contributed by atoms with Crippen LogP contribution in [-0.2, 0) is 5.33 Å². The Balaban J connectivity index is 3.35. The summed E-state index contributed by atoms with van der Waals surface area (Å²) in [5.74, 6) is -0.546. The molecule has 94 valence electrons. The van der Waals surface area contributed by atoms with Crippen LogP contribution in [0.2, 0.25) is 0 Å². The molecule has 1 heterocycles. The number of pyridine rings is 1. The van der Waals surface area contributed by atoms with Gasteiger partial charge in [0.15, 0.2) is 12.0 Å². The topological polar surface area (TPSA) is 48.4 Å². The standard InChI is InChI=1S/C9H7BrF3NO3/c1-16-7-3-14-6(4-15)8(5(7)2-10)17-9(11,12)13/h3-4H,2H2,1H3. The molecule has 4 nitrogen and oxygen atoms in total. The zero-order chi connectivity index (χ0) is 13.1. The van der Waals surface area contributed by atoms with Gasteiger partial charge in [0.1, 0.15) is 11.4 Å². The molecule has 0 bridgehead atoms. The summed E-state index contributed by atoms with van der Waals surface area (Å²) in [6, 6.07) is 0. The van der Waals surface area contributed by atoms with Gasteiger partial charge in [-0.25, -0.2) is 4.98 Å². The molecule has 0 aliphatic carbocycles. The van der Waals surface area contributed by atoms with Crippen LogP contribution < -0.4 is 9.47 Å². The minimum Gasteiger partial charge on any atom is -0.495 e. The number of ether oxygens (including phenoxy) is 2. The first-order chi connectivity index (χ1) is 7.92. The lowest BCUT2D eigenvalue weighted by molar-refractivity contribution is -0.275. The van der Waals surface area contributed by atoms with Gasteiger partial charge in [0.2, 0.25) is 0 Å². The highest BCUT2D eigenvalue weighted by atomic mass is 79.9. The van der Waals surface area contributed by atoms with E-state index in [0.29, 0.717) is 0 Å². The van der Waals surface area contributed by atoms with Crippen molar-refractivity contribution in [2.75, 3.05) is 7.11 Å². The van der Waals surface area contributed by atoms with E-state index in [-0.39, 0.29) is 22.9 Å². The molecule has 0 N–H and O–H groups in total. The Morgan fingerprint density at radius 1 is 1.53 bits per heavy atom. The van der Waals surface area contributed by atoms with Crippen LogP contribution >= 0.6 is 15.9 Å². The van der Waals surface area contributed by atoms with Gasteiger partial charge in [0.05, 0.1) is 18.9 Å². The van der Waals surface area contributed by atoms with Crippen LogP contribution in [0.1, 0.15) is 16.1 Å². The first-order valence-electron chi connectivity index (χ1n) is 4.25. The largest absolute Gasteiger partial charge is 0.573 e. The molecule has 0 atom stereocenters. The van der Waals surface area contributed by atoms with E-state index in [9.17, 15) is 18.0 Å². The molecule has 0 amide bonds. The van der Waals surface area contributed by atoms with Crippen molar-refractivity contribution >= 4 is 22.2 Å². The predicted molar refractivity (Wildman–Crippen MR) is 55.5 cm³/mol. The van der Waals surface area contributed by atoms with Gasteiger partial charge in [-0.3, -0.25) is 4.79 Å². The Morgan fingerprint density at radius 2 is 2.18 bits per heavy atom. The predicted octanol–water partition coefficient (Wildman–Crippen LogP) is 2.70. The lowest BCUT2D eigenvalue weighted by atomic mass is 10.2. The quantitative estimate of drug-likeness (QED) is 0.633. The first-order valence-corrected chi connectivity index (χ1v) is 5.37. The number of carbonyl (C=O) groups excluding carboxylic acids is 1. The molecule has 8 heteroatoms. The van der Waals surface area contributed by atoms with E-state index in [1.165, 1.54) is 7.11 Å².